The minimum absolute atomic E-state index is 0.253. The largest absolute Gasteiger partial charge is 0.481 e. The van der Waals surface area contributed by atoms with Crippen LogP contribution < -0.4 is 5.32 Å². The van der Waals surface area contributed by atoms with Gasteiger partial charge in [-0.2, -0.15) is 0 Å². The number of nitrogens with zero attached hydrogens (tertiary/aromatic N) is 2. The Morgan fingerprint density at radius 1 is 1.47 bits per heavy atom. The molecular formula is C12H14BrN3O3. The Kier molecular flexibility index (Phi) is 4.36. The normalized spacial score (nSPS) is 19.0. The lowest BCUT2D eigenvalue weighted by molar-refractivity contribution is -0.143. The van der Waals surface area contributed by atoms with E-state index in [1.165, 1.54) is 4.90 Å². The number of pyridine rings is 1. The van der Waals surface area contributed by atoms with Crippen LogP contribution in [-0.4, -0.2) is 40.1 Å². The summed E-state index contributed by atoms with van der Waals surface area (Å²) in [4.78, 5) is 28.5. The molecule has 7 heteroatoms. The zero-order valence-electron chi connectivity index (χ0n) is 10.2. The molecule has 6 nitrogen and oxygen atoms in total. The van der Waals surface area contributed by atoms with E-state index in [1.54, 1.807) is 18.5 Å². The number of piperidine rings is 1. The maximum Gasteiger partial charge on any atom is 0.321 e. The van der Waals surface area contributed by atoms with Gasteiger partial charge in [-0.3, -0.25) is 9.78 Å². The van der Waals surface area contributed by atoms with E-state index in [-0.39, 0.29) is 12.6 Å². The summed E-state index contributed by atoms with van der Waals surface area (Å²) in [7, 11) is 0. The maximum atomic E-state index is 12.0. The lowest BCUT2D eigenvalue weighted by atomic mass is 9.99. The average Bonchev–Trinajstić information content (AvgIpc) is 2.39. The quantitative estimate of drug-likeness (QED) is 0.872. The number of hydrogen-bond donors (Lipinski definition) is 2. The van der Waals surface area contributed by atoms with E-state index in [2.05, 4.69) is 26.2 Å². The van der Waals surface area contributed by atoms with Gasteiger partial charge in [0, 0.05) is 23.8 Å². The molecule has 2 N–H and O–H groups in total. The molecule has 2 amide bonds. The molecule has 1 aromatic heterocycles. The molecule has 2 heterocycles. The molecule has 0 saturated carbocycles. The van der Waals surface area contributed by atoms with Crippen LogP contribution in [0.4, 0.5) is 10.5 Å². The van der Waals surface area contributed by atoms with Crippen LogP contribution in [0.2, 0.25) is 0 Å². The summed E-state index contributed by atoms with van der Waals surface area (Å²) in [5.41, 5.74) is 0.580. The zero-order valence-corrected chi connectivity index (χ0v) is 11.8. The Bertz CT molecular complexity index is 495. The number of carbonyl (C=O) groups is 2. The van der Waals surface area contributed by atoms with Crippen molar-refractivity contribution in [2.24, 2.45) is 5.92 Å². The number of carboxylic acid groups (broad SMARTS) is 1. The second-order valence-electron chi connectivity index (χ2n) is 4.45. The van der Waals surface area contributed by atoms with Crippen LogP contribution in [0.5, 0.6) is 0 Å². The summed E-state index contributed by atoms with van der Waals surface area (Å²) < 4.78 is 0.771. The van der Waals surface area contributed by atoms with Crippen molar-refractivity contribution in [2.75, 3.05) is 18.4 Å². The van der Waals surface area contributed by atoms with Crippen LogP contribution >= 0.6 is 15.9 Å². The Hall–Kier alpha value is -1.63. The molecule has 102 valence electrons. The van der Waals surface area contributed by atoms with Crippen molar-refractivity contribution >= 4 is 33.6 Å². The third kappa shape index (κ3) is 3.66. The Morgan fingerprint density at radius 3 is 2.95 bits per heavy atom. The Morgan fingerprint density at radius 2 is 2.26 bits per heavy atom. The van der Waals surface area contributed by atoms with Crippen molar-refractivity contribution in [3.8, 4) is 0 Å². The summed E-state index contributed by atoms with van der Waals surface area (Å²) in [5, 5.41) is 11.7. The van der Waals surface area contributed by atoms with Crippen molar-refractivity contribution in [1.29, 1.82) is 0 Å². The zero-order chi connectivity index (χ0) is 13.8. The first-order valence-corrected chi connectivity index (χ1v) is 6.75. The van der Waals surface area contributed by atoms with Gasteiger partial charge >= 0.3 is 12.0 Å². The number of nitrogens with one attached hydrogen (secondary N) is 1. The Labute approximate surface area is 118 Å². The topological polar surface area (TPSA) is 82.5 Å². The highest BCUT2D eigenvalue weighted by Gasteiger charge is 2.28. The minimum atomic E-state index is -0.846. The maximum absolute atomic E-state index is 12.0. The molecule has 1 fully saturated rings. The summed E-state index contributed by atoms with van der Waals surface area (Å²) in [6, 6.07) is 1.45. The molecule has 0 bridgehead atoms. The molecule has 2 rings (SSSR count). The molecule has 1 aromatic rings. The third-order valence-corrected chi connectivity index (χ3v) is 3.45. The van der Waals surface area contributed by atoms with Crippen molar-refractivity contribution in [1.82, 2.24) is 9.88 Å². The lowest BCUT2D eigenvalue weighted by Gasteiger charge is -2.30. The van der Waals surface area contributed by atoms with Gasteiger partial charge in [-0.05, 0) is 34.8 Å². The second kappa shape index (κ2) is 6.01. The highest BCUT2D eigenvalue weighted by Crippen LogP contribution is 2.19. The molecule has 0 radical (unpaired) electrons. The number of aromatic nitrogens is 1. The molecule has 1 aliphatic rings. The number of urea groups is 1. The average molecular weight is 328 g/mol. The lowest BCUT2D eigenvalue weighted by Crippen LogP contribution is -2.44. The van der Waals surface area contributed by atoms with E-state index in [0.717, 1.165) is 4.47 Å². The van der Waals surface area contributed by atoms with Crippen LogP contribution in [-0.2, 0) is 4.79 Å². The van der Waals surface area contributed by atoms with Gasteiger partial charge in [-0.15, -0.1) is 0 Å². The fraction of sp³-hybridized carbons (Fsp3) is 0.417. The van der Waals surface area contributed by atoms with E-state index < -0.39 is 11.9 Å². The molecule has 0 spiro atoms. The van der Waals surface area contributed by atoms with Gasteiger partial charge < -0.3 is 15.3 Å². The van der Waals surface area contributed by atoms with Crippen LogP contribution in [0.15, 0.2) is 22.9 Å². The molecule has 1 aliphatic heterocycles. The molecule has 1 unspecified atom stereocenters. The van der Waals surface area contributed by atoms with Gasteiger partial charge in [0.05, 0.1) is 17.8 Å². The monoisotopic (exact) mass is 327 g/mol. The number of likely N-dealkylation sites (tertiary alicyclic amines) is 1. The fourth-order valence-corrected chi connectivity index (χ4v) is 2.41. The first-order chi connectivity index (χ1) is 9.06. The predicted octanol–water partition coefficient (Wildman–Crippen LogP) is 2.17. The van der Waals surface area contributed by atoms with Gasteiger partial charge in [0.2, 0.25) is 0 Å². The molecule has 1 atom stereocenters. The van der Waals surface area contributed by atoms with Crippen molar-refractivity contribution in [2.45, 2.75) is 12.8 Å². The number of carbonyl (C=O) groups excluding carboxylic acids is 1. The number of halogens is 1. The molecule has 19 heavy (non-hydrogen) atoms. The minimum Gasteiger partial charge on any atom is -0.481 e. The number of carboxylic acids is 1. The summed E-state index contributed by atoms with van der Waals surface area (Å²) in [5.74, 6) is -1.32. The number of hydrogen-bond acceptors (Lipinski definition) is 3. The smallest absolute Gasteiger partial charge is 0.321 e. The Balaban J connectivity index is 1.98. The highest BCUT2D eigenvalue weighted by molar-refractivity contribution is 9.10. The van der Waals surface area contributed by atoms with Gasteiger partial charge in [0.15, 0.2) is 0 Å². The van der Waals surface area contributed by atoms with E-state index in [0.29, 0.717) is 25.1 Å². The van der Waals surface area contributed by atoms with Crippen molar-refractivity contribution in [3.05, 3.63) is 22.9 Å². The SMILES string of the molecule is O=C(O)C1CCCN(C(=O)Nc2cncc(Br)c2)C1. The highest BCUT2D eigenvalue weighted by atomic mass is 79.9. The van der Waals surface area contributed by atoms with E-state index in [4.69, 9.17) is 5.11 Å². The third-order valence-electron chi connectivity index (χ3n) is 3.01. The number of amides is 2. The second-order valence-corrected chi connectivity index (χ2v) is 5.36. The van der Waals surface area contributed by atoms with Crippen LogP contribution in [0, 0.1) is 5.92 Å². The summed E-state index contributed by atoms with van der Waals surface area (Å²) in [6.45, 7) is 0.833. The van der Waals surface area contributed by atoms with Crippen LogP contribution in [0.25, 0.3) is 0 Å². The molecule has 0 aromatic carbocycles. The molecular weight excluding hydrogens is 314 g/mol. The standard InChI is InChI=1S/C12H14BrN3O3/c13-9-4-10(6-14-5-9)15-12(19)16-3-1-2-8(7-16)11(17)18/h4-6,8H,1-3,7H2,(H,15,19)(H,17,18). The number of rotatable bonds is 2. The van der Waals surface area contributed by atoms with Crippen LogP contribution in [0.1, 0.15) is 12.8 Å². The van der Waals surface area contributed by atoms with Gasteiger partial charge in [0.25, 0.3) is 0 Å². The van der Waals surface area contributed by atoms with Gasteiger partial charge in [-0.25, -0.2) is 4.79 Å². The van der Waals surface area contributed by atoms with Crippen molar-refractivity contribution in [3.63, 3.8) is 0 Å². The van der Waals surface area contributed by atoms with E-state index in [9.17, 15) is 9.59 Å². The first-order valence-electron chi connectivity index (χ1n) is 5.95. The first kappa shape index (κ1) is 13.8. The fourth-order valence-electron chi connectivity index (χ4n) is 2.05. The van der Waals surface area contributed by atoms with Crippen LogP contribution in [0.3, 0.4) is 0 Å². The van der Waals surface area contributed by atoms with Gasteiger partial charge in [0.1, 0.15) is 0 Å². The van der Waals surface area contributed by atoms with E-state index in [1.807, 2.05) is 0 Å². The number of anilines is 1. The molecule has 1 saturated heterocycles. The summed E-state index contributed by atoms with van der Waals surface area (Å²) >= 11 is 3.27. The number of aliphatic carboxylic acids is 1. The van der Waals surface area contributed by atoms with Gasteiger partial charge in [-0.1, -0.05) is 0 Å². The summed E-state index contributed by atoms with van der Waals surface area (Å²) in [6.07, 6.45) is 4.50. The van der Waals surface area contributed by atoms with E-state index >= 15 is 0 Å². The predicted molar refractivity (Wildman–Crippen MR) is 72.9 cm³/mol. The molecule has 0 aliphatic carbocycles. The van der Waals surface area contributed by atoms with Crippen molar-refractivity contribution < 1.29 is 14.7 Å².